The zero-order valence-electron chi connectivity index (χ0n) is 7.30. The molecule has 0 unspecified atom stereocenters. The van der Waals surface area contributed by atoms with Crippen molar-refractivity contribution in [3.8, 4) is 6.07 Å². The summed E-state index contributed by atoms with van der Waals surface area (Å²) in [6.07, 6.45) is -3.21. The maximum atomic E-state index is 12.9. The number of anilines is 1. The Bertz CT molecular complexity index is 426. The molecule has 1 rings (SSSR count). The molecule has 6 heteroatoms. The Morgan fingerprint density at radius 1 is 1.47 bits per heavy atom. The van der Waals surface area contributed by atoms with Crippen molar-refractivity contribution in [2.75, 3.05) is 5.32 Å². The summed E-state index contributed by atoms with van der Waals surface area (Å²) in [6, 6.07) is 4.84. The fraction of sp³-hybridized carbons (Fsp3) is 0.111. The van der Waals surface area contributed by atoms with Crippen LogP contribution in [0.4, 0.5) is 18.9 Å². The van der Waals surface area contributed by atoms with Crippen LogP contribution in [0.3, 0.4) is 0 Å². The maximum absolute atomic E-state index is 12.9. The van der Waals surface area contributed by atoms with Crippen LogP contribution in [0.5, 0.6) is 0 Å². The van der Waals surface area contributed by atoms with Gasteiger partial charge in [0.2, 0.25) is 0 Å². The molecule has 15 heavy (non-hydrogen) atoms. The Kier molecular flexibility index (Phi) is 3.29. The first-order valence-corrected chi connectivity index (χ1v) is 3.84. The van der Waals surface area contributed by atoms with E-state index in [4.69, 9.17) is 5.26 Å². The van der Waals surface area contributed by atoms with Gasteiger partial charge in [-0.2, -0.15) is 14.0 Å². The van der Waals surface area contributed by atoms with E-state index in [1.165, 1.54) is 18.2 Å². The molecular formula is C9H5F3N2O. The quantitative estimate of drug-likeness (QED) is 0.817. The van der Waals surface area contributed by atoms with Crippen LogP contribution in [0.15, 0.2) is 18.2 Å². The second-order valence-corrected chi connectivity index (χ2v) is 2.56. The second kappa shape index (κ2) is 4.46. The molecule has 0 heterocycles. The summed E-state index contributed by atoms with van der Waals surface area (Å²) in [5, 5.41) is 10.3. The van der Waals surface area contributed by atoms with Crippen molar-refractivity contribution < 1.29 is 18.0 Å². The van der Waals surface area contributed by atoms with E-state index in [-0.39, 0.29) is 5.69 Å². The van der Waals surface area contributed by atoms with E-state index in [1.807, 2.05) is 0 Å². The van der Waals surface area contributed by atoms with Crippen LogP contribution in [0.2, 0.25) is 0 Å². The van der Waals surface area contributed by atoms with E-state index in [9.17, 15) is 18.0 Å². The number of nitriles is 1. The molecular weight excluding hydrogens is 209 g/mol. The summed E-state index contributed by atoms with van der Waals surface area (Å²) >= 11 is 0. The summed E-state index contributed by atoms with van der Waals surface area (Å²) in [4.78, 5) is 10.6. The topological polar surface area (TPSA) is 52.9 Å². The fourth-order valence-electron chi connectivity index (χ4n) is 0.929. The van der Waals surface area contributed by atoms with E-state index in [0.717, 1.165) is 6.07 Å². The van der Waals surface area contributed by atoms with E-state index in [0.29, 0.717) is 0 Å². The van der Waals surface area contributed by atoms with E-state index < -0.39 is 23.7 Å². The van der Waals surface area contributed by atoms with Gasteiger partial charge in [-0.15, -0.1) is 0 Å². The molecule has 0 aromatic heterocycles. The number of carbonyl (C=O) groups is 1. The van der Waals surface area contributed by atoms with Crippen molar-refractivity contribution in [1.29, 1.82) is 5.26 Å². The van der Waals surface area contributed by atoms with Gasteiger partial charge >= 0.3 is 6.43 Å². The maximum Gasteiger partial charge on any atom is 0.315 e. The van der Waals surface area contributed by atoms with E-state index in [2.05, 4.69) is 0 Å². The third kappa shape index (κ3) is 2.47. The number of rotatable bonds is 2. The Hall–Kier alpha value is -2.03. The van der Waals surface area contributed by atoms with Gasteiger partial charge in [0.25, 0.3) is 5.91 Å². The van der Waals surface area contributed by atoms with Crippen LogP contribution in [-0.2, 0) is 4.79 Å². The van der Waals surface area contributed by atoms with Gasteiger partial charge in [0.1, 0.15) is 17.4 Å². The molecule has 0 saturated carbocycles. The zero-order chi connectivity index (χ0) is 11.4. The average molecular weight is 214 g/mol. The minimum atomic E-state index is -3.21. The fourth-order valence-corrected chi connectivity index (χ4v) is 0.929. The highest BCUT2D eigenvalue weighted by molar-refractivity contribution is 5.94. The molecule has 1 aromatic rings. The number of hydrogen-bond acceptors (Lipinski definition) is 2. The molecule has 0 aliphatic rings. The highest BCUT2D eigenvalue weighted by Crippen LogP contribution is 2.18. The van der Waals surface area contributed by atoms with Gasteiger partial charge in [0.15, 0.2) is 0 Å². The first-order valence-electron chi connectivity index (χ1n) is 3.84. The first kappa shape index (κ1) is 11.0. The minimum absolute atomic E-state index is 0.261. The molecule has 0 radical (unpaired) electrons. The van der Waals surface area contributed by atoms with Gasteiger partial charge < -0.3 is 5.32 Å². The van der Waals surface area contributed by atoms with Crippen molar-refractivity contribution in [3.63, 3.8) is 0 Å². The van der Waals surface area contributed by atoms with Gasteiger partial charge in [-0.3, -0.25) is 4.79 Å². The normalized spacial score (nSPS) is 9.80. The Morgan fingerprint density at radius 3 is 2.67 bits per heavy atom. The molecule has 78 valence electrons. The number of benzene rings is 1. The number of carbonyl (C=O) groups excluding carboxylic acids is 1. The summed E-state index contributed by atoms with van der Waals surface area (Å²) in [6.45, 7) is 0. The highest BCUT2D eigenvalue weighted by atomic mass is 19.3. The monoisotopic (exact) mass is 214 g/mol. The van der Waals surface area contributed by atoms with Crippen LogP contribution in [0, 0.1) is 17.1 Å². The zero-order valence-corrected chi connectivity index (χ0v) is 7.30. The van der Waals surface area contributed by atoms with Crippen molar-refractivity contribution in [2.45, 2.75) is 6.43 Å². The number of nitrogens with zero attached hydrogens (tertiary/aromatic N) is 1. The lowest BCUT2D eigenvalue weighted by Crippen LogP contribution is -2.20. The first-order chi connectivity index (χ1) is 7.06. The SMILES string of the molecule is N#Cc1c(F)cccc1NC(=O)C(F)F. The number of alkyl halides is 2. The number of amides is 1. The van der Waals surface area contributed by atoms with Crippen LogP contribution < -0.4 is 5.32 Å². The number of halogens is 3. The summed E-state index contributed by atoms with van der Waals surface area (Å²) in [5.74, 6) is -2.44. The average Bonchev–Trinajstić information content (AvgIpc) is 2.18. The summed E-state index contributed by atoms with van der Waals surface area (Å²) < 4.78 is 36.7. The van der Waals surface area contributed by atoms with Gasteiger partial charge in [-0.1, -0.05) is 6.07 Å². The molecule has 0 aliphatic heterocycles. The number of nitrogens with one attached hydrogen (secondary N) is 1. The van der Waals surface area contributed by atoms with Crippen molar-refractivity contribution in [3.05, 3.63) is 29.6 Å². The molecule has 1 aromatic carbocycles. The standard InChI is InChI=1S/C9H5F3N2O/c10-6-2-1-3-7(5(6)4-13)14-9(15)8(11)12/h1-3,8H,(H,14,15). The minimum Gasteiger partial charge on any atom is -0.320 e. The smallest absolute Gasteiger partial charge is 0.315 e. The molecule has 0 spiro atoms. The largest absolute Gasteiger partial charge is 0.320 e. The lowest BCUT2D eigenvalue weighted by molar-refractivity contribution is -0.126. The van der Waals surface area contributed by atoms with Crippen molar-refractivity contribution in [2.24, 2.45) is 0 Å². The Balaban J connectivity index is 3.01. The molecule has 0 fully saturated rings. The predicted molar refractivity (Wildman–Crippen MR) is 45.7 cm³/mol. The van der Waals surface area contributed by atoms with E-state index in [1.54, 1.807) is 5.32 Å². The third-order valence-electron chi connectivity index (χ3n) is 1.58. The number of hydrogen-bond donors (Lipinski definition) is 1. The predicted octanol–water partition coefficient (Wildman–Crippen LogP) is 1.90. The van der Waals surface area contributed by atoms with Gasteiger partial charge in [0, 0.05) is 0 Å². The Labute approximate surface area is 83.1 Å². The van der Waals surface area contributed by atoms with E-state index >= 15 is 0 Å². The molecule has 0 bridgehead atoms. The van der Waals surface area contributed by atoms with Crippen LogP contribution in [-0.4, -0.2) is 12.3 Å². The lowest BCUT2D eigenvalue weighted by atomic mass is 10.2. The second-order valence-electron chi connectivity index (χ2n) is 2.56. The third-order valence-corrected chi connectivity index (χ3v) is 1.58. The Morgan fingerprint density at radius 2 is 2.13 bits per heavy atom. The van der Waals surface area contributed by atoms with Gasteiger partial charge in [-0.05, 0) is 12.1 Å². The summed E-state index contributed by atoms with van der Waals surface area (Å²) in [7, 11) is 0. The molecule has 0 aliphatic carbocycles. The molecule has 0 saturated heterocycles. The molecule has 1 N–H and O–H groups in total. The van der Waals surface area contributed by atoms with Gasteiger partial charge in [0.05, 0.1) is 5.69 Å². The van der Waals surface area contributed by atoms with Crippen molar-refractivity contribution in [1.82, 2.24) is 0 Å². The van der Waals surface area contributed by atoms with Crippen LogP contribution in [0.25, 0.3) is 0 Å². The van der Waals surface area contributed by atoms with Crippen LogP contribution in [0.1, 0.15) is 5.56 Å². The molecule has 0 atom stereocenters. The van der Waals surface area contributed by atoms with Gasteiger partial charge in [-0.25, -0.2) is 4.39 Å². The summed E-state index contributed by atoms with van der Waals surface area (Å²) in [5.41, 5.74) is -0.728. The molecule has 3 nitrogen and oxygen atoms in total. The molecule has 1 amide bonds. The van der Waals surface area contributed by atoms with Crippen LogP contribution >= 0.6 is 0 Å². The van der Waals surface area contributed by atoms with Crippen molar-refractivity contribution >= 4 is 11.6 Å². The highest BCUT2D eigenvalue weighted by Gasteiger charge is 2.17. The lowest BCUT2D eigenvalue weighted by Gasteiger charge is -2.06.